The van der Waals surface area contributed by atoms with Gasteiger partial charge >= 0.3 is 5.97 Å². The van der Waals surface area contributed by atoms with E-state index in [0.29, 0.717) is 11.3 Å². The Morgan fingerprint density at radius 1 is 1.42 bits per heavy atom. The lowest BCUT2D eigenvalue weighted by Gasteiger charge is -2.09. The van der Waals surface area contributed by atoms with E-state index in [1.165, 1.54) is 14.0 Å². The molecule has 0 aliphatic carbocycles. The van der Waals surface area contributed by atoms with E-state index in [0.717, 1.165) is 0 Å². The normalized spacial score (nSPS) is 11.0. The Labute approximate surface area is 110 Å². The number of hydrogen-bond donors (Lipinski definition) is 1. The number of nitrogens with one attached hydrogen (secondary N) is 1. The second-order valence-electron chi connectivity index (χ2n) is 3.64. The van der Waals surface area contributed by atoms with Crippen LogP contribution in [-0.2, 0) is 9.53 Å². The lowest BCUT2D eigenvalue weighted by atomic mass is 10.2. The number of hydrogen-bond acceptors (Lipinski definition) is 5. The third-order valence-corrected chi connectivity index (χ3v) is 2.23. The highest BCUT2D eigenvalue weighted by Crippen LogP contribution is 2.16. The second-order valence-corrected chi connectivity index (χ2v) is 3.64. The van der Waals surface area contributed by atoms with Crippen LogP contribution in [0.5, 0.6) is 5.75 Å². The first-order valence-corrected chi connectivity index (χ1v) is 5.58. The molecule has 1 amide bonds. The summed E-state index contributed by atoms with van der Waals surface area (Å²) in [5, 5.41) is 10.9. The van der Waals surface area contributed by atoms with Gasteiger partial charge in [-0.2, -0.15) is 5.26 Å². The molecule has 1 aromatic carbocycles. The SMILES string of the molecule is COc1ccccc1C(=O)NCC(=O)O[C@@H](C)C#N. The molecular weight excluding hydrogens is 248 g/mol. The fourth-order valence-corrected chi connectivity index (χ4v) is 1.35. The Bertz CT molecular complexity index is 508. The van der Waals surface area contributed by atoms with Gasteiger partial charge in [0.15, 0.2) is 6.10 Å². The number of benzene rings is 1. The van der Waals surface area contributed by atoms with Crippen molar-refractivity contribution in [3.8, 4) is 11.8 Å². The summed E-state index contributed by atoms with van der Waals surface area (Å²) in [4.78, 5) is 23.1. The van der Waals surface area contributed by atoms with Gasteiger partial charge < -0.3 is 14.8 Å². The van der Waals surface area contributed by atoms with Gasteiger partial charge in [-0.1, -0.05) is 12.1 Å². The van der Waals surface area contributed by atoms with Gasteiger partial charge in [0.1, 0.15) is 18.4 Å². The van der Waals surface area contributed by atoms with Crippen molar-refractivity contribution in [2.75, 3.05) is 13.7 Å². The average Bonchev–Trinajstić information content (AvgIpc) is 2.44. The quantitative estimate of drug-likeness (QED) is 0.796. The number of esters is 1. The van der Waals surface area contributed by atoms with Crippen LogP contribution in [0.3, 0.4) is 0 Å². The third-order valence-electron chi connectivity index (χ3n) is 2.23. The Morgan fingerprint density at radius 2 is 2.11 bits per heavy atom. The molecule has 0 aliphatic rings. The zero-order valence-electron chi connectivity index (χ0n) is 10.7. The van der Waals surface area contributed by atoms with E-state index in [1.807, 2.05) is 0 Å². The predicted molar refractivity (Wildman–Crippen MR) is 66.5 cm³/mol. The Hall–Kier alpha value is -2.55. The predicted octanol–water partition coefficient (Wildman–Crippen LogP) is 0.880. The van der Waals surface area contributed by atoms with E-state index in [2.05, 4.69) is 5.32 Å². The van der Waals surface area contributed by atoms with Crippen molar-refractivity contribution < 1.29 is 19.1 Å². The van der Waals surface area contributed by atoms with Crippen LogP contribution in [0.25, 0.3) is 0 Å². The Balaban J connectivity index is 2.56. The molecule has 0 heterocycles. The monoisotopic (exact) mass is 262 g/mol. The summed E-state index contributed by atoms with van der Waals surface area (Å²) in [7, 11) is 1.45. The first-order chi connectivity index (χ1) is 9.08. The standard InChI is InChI=1S/C13H14N2O4/c1-9(7-14)19-12(16)8-15-13(17)10-5-3-4-6-11(10)18-2/h3-6,9H,8H2,1-2H3,(H,15,17)/t9-/m0/s1. The topological polar surface area (TPSA) is 88.4 Å². The van der Waals surface area contributed by atoms with E-state index >= 15 is 0 Å². The molecule has 0 fully saturated rings. The molecule has 6 heteroatoms. The second kappa shape index (κ2) is 7.01. The Kier molecular flexibility index (Phi) is 5.35. The first-order valence-electron chi connectivity index (χ1n) is 5.58. The number of amides is 1. The lowest BCUT2D eigenvalue weighted by Crippen LogP contribution is -2.32. The van der Waals surface area contributed by atoms with Gasteiger partial charge in [0, 0.05) is 0 Å². The van der Waals surface area contributed by atoms with Gasteiger partial charge in [0.2, 0.25) is 0 Å². The number of ether oxygens (including phenoxy) is 2. The average molecular weight is 262 g/mol. The number of para-hydroxylation sites is 1. The van der Waals surface area contributed by atoms with Gasteiger partial charge in [-0.3, -0.25) is 9.59 Å². The molecule has 1 N–H and O–H groups in total. The summed E-state index contributed by atoms with van der Waals surface area (Å²) >= 11 is 0. The molecule has 0 saturated heterocycles. The van der Waals surface area contributed by atoms with Crippen LogP contribution in [0.1, 0.15) is 17.3 Å². The van der Waals surface area contributed by atoms with Crippen molar-refractivity contribution >= 4 is 11.9 Å². The van der Waals surface area contributed by atoms with Crippen LogP contribution in [0.15, 0.2) is 24.3 Å². The zero-order chi connectivity index (χ0) is 14.3. The minimum Gasteiger partial charge on any atom is -0.496 e. The summed E-state index contributed by atoms with van der Waals surface area (Å²) in [5.41, 5.74) is 0.325. The molecule has 0 aliphatic heterocycles. The van der Waals surface area contributed by atoms with E-state index in [1.54, 1.807) is 30.3 Å². The number of methoxy groups -OCH3 is 1. The highest BCUT2D eigenvalue weighted by molar-refractivity contribution is 5.98. The highest BCUT2D eigenvalue weighted by atomic mass is 16.5. The number of nitrogens with zero attached hydrogens (tertiary/aromatic N) is 1. The molecule has 0 radical (unpaired) electrons. The summed E-state index contributed by atoms with van der Waals surface area (Å²) in [5.74, 6) is -0.699. The molecule has 0 bridgehead atoms. The summed E-state index contributed by atoms with van der Waals surface area (Å²) < 4.78 is 9.73. The van der Waals surface area contributed by atoms with Crippen molar-refractivity contribution in [2.45, 2.75) is 13.0 Å². The van der Waals surface area contributed by atoms with Gasteiger partial charge in [-0.15, -0.1) is 0 Å². The maximum atomic E-state index is 11.8. The molecule has 1 rings (SSSR count). The minimum atomic E-state index is -0.837. The van der Waals surface area contributed by atoms with Crippen LogP contribution in [-0.4, -0.2) is 31.6 Å². The Morgan fingerprint density at radius 3 is 2.74 bits per heavy atom. The van der Waals surface area contributed by atoms with Gasteiger partial charge in [0.25, 0.3) is 5.91 Å². The van der Waals surface area contributed by atoms with Gasteiger partial charge in [0.05, 0.1) is 12.7 Å². The highest BCUT2D eigenvalue weighted by Gasteiger charge is 2.14. The molecule has 6 nitrogen and oxygen atoms in total. The molecular formula is C13H14N2O4. The summed E-state index contributed by atoms with van der Waals surface area (Å²) in [6, 6.07) is 8.40. The fourth-order valence-electron chi connectivity index (χ4n) is 1.35. The molecule has 0 spiro atoms. The molecule has 1 aromatic rings. The largest absolute Gasteiger partial charge is 0.496 e. The molecule has 0 unspecified atom stereocenters. The zero-order valence-corrected chi connectivity index (χ0v) is 10.7. The van der Waals surface area contributed by atoms with Crippen LogP contribution < -0.4 is 10.1 Å². The van der Waals surface area contributed by atoms with E-state index < -0.39 is 18.0 Å². The maximum absolute atomic E-state index is 11.8. The number of carbonyl (C=O) groups excluding carboxylic acids is 2. The van der Waals surface area contributed by atoms with Crippen LogP contribution in [0.2, 0.25) is 0 Å². The van der Waals surface area contributed by atoms with Crippen molar-refractivity contribution in [2.24, 2.45) is 0 Å². The number of carbonyl (C=O) groups is 2. The summed E-state index contributed by atoms with van der Waals surface area (Å²) in [6.07, 6.45) is -0.837. The van der Waals surface area contributed by atoms with E-state index in [-0.39, 0.29) is 6.54 Å². The van der Waals surface area contributed by atoms with Crippen LogP contribution in [0.4, 0.5) is 0 Å². The van der Waals surface area contributed by atoms with E-state index in [9.17, 15) is 9.59 Å². The van der Waals surface area contributed by atoms with Crippen molar-refractivity contribution in [3.63, 3.8) is 0 Å². The maximum Gasteiger partial charge on any atom is 0.326 e. The number of rotatable bonds is 5. The third kappa shape index (κ3) is 4.32. The fraction of sp³-hybridized carbons (Fsp3) is 0.308. The minimum absolute atomic E-state index is 0.303. The molecule has 1 atom stereocenters. The first kappa shape index (κ1) is 14.5. The van der Waals surface area contributed by atoms with Crippen molar-refractivity contribution in [3.05, 3.63) is 29.8 Å². The van der Waals surface area contributed by atoms with Gasteiger partial charge in [-0.25, -0.2) is 0 Å². The van der Waals surface area contributed by atoms with E-state index in [4.69, 9.17) is 14.7 Å². The molecule has 0 aromatic heterocycles. The van der Waals surface area contributed by atoms with Crippen molar-refractivity contribution in [1.82, 2.24) is 5.32 Å². The lowest BCUT2D eigenvalue weighted by molar-refractivity contribution is -0.144. The van der Waals surface area contributed by atoms with Crippen LogP contribution >= 0.6 is 0 Å². The summed E-state index contributed by atoms with van der Waals surface area (Å²) in [6.45, 7) is 1.14. The number of nitriles is 1. The molecule has 0 saturated carbocycles. The van der Waals surface area contributed by atoms with Crippen molar-refractivity contribution in [1.29, 1.82) is 5.26 Å². The van der Waals surface area contributed by atoms with Gasteiger partial charge in [-0.05, 0) is 19.1 Å². The molecule has 100 valence electrons. The smallest absolute Gasteiger partial charge is 0.326 e. The molecule has 19 heavy (non-hydrogen) atoms. The van der Waals surface area contributed by atoms with Crippen LogP contribution in [0, 0.1) is 11.3 Å².